The minimum atomic E-state index is 0.545. The fourth-order valence-electron chi connectivity index (χ4n) is 0.968. The highest BCUT2D eigenvalue weighted by molar-refractivity contribution is 5.41. The zero-order valence-corrected chi connectivity index (χ0v) is 7.79. The molecule has 4 heteroatoms. The SMILES string of the molecule is CCCOCc1cc(NN)ccn1. The van der Waals surface area contributed by atoms with Crippen molar-refractivity contribution in [1.82, 2.24) is 4.98 Å². The molecule has 0 fully saturated rings. The molecule has 0 aliphatic carbocycles. The summed E-state index contributed by atoms with van der Waals surface area (Å²) in [7, 11) is 0. The summed E-state index contributed by atoms with van der Waals surface area (Å²) in [5, 5.41) is 0. The summed E-state index contributed by atoms with van der Waals surface area (Å²) in [4.78, 5) is 4.14. The molecule has 1 heterocycles. The average molecular weight is 181 g/mol. The van der Waals surface area contributed by atoms with E-state index in [0.717, 1.165) is 24.4 Å². The van der Waals surface area contributed by atoms with Gasteiger partial charge in [-0.1, -0.05) is 6.92 Å². The first kappa shape index (κ1) is 9.95. The third-order valence-electron chi connectivity index (χ3n) is 1.58. The summed E-state index contributed by atoms with van der Waals surface area (Å²) in [5.41, 5.74) is 4.31. The van der Waals surface area contributed by atoms with E-state index in [-0.39, 0.29) is 0 Å². The Bertz CT molecular complexity index is 252. The highest BCUT2D eigenvalue weighted by Gasteiger charge is 1.95. The van der Waals surface area contributed by atoms with Gasteiger partial charge in [0, 0.05) is 12.8 Å². The topological polar surface area (TPSA) is 60.2 Å². The number of nitrogens with zero attached hydrogens (tertiary/aromatic N) is 1. The summed E-state index contributed by atoms with van der Waals surface area (Å²) in [5.74, 6) is 5.25. The van der Waals surface area contributed by atoms with E-state index in [1.807, 2.05) is 12.1 Å². The second-order valence-corrected chi connectivity index (χ2v) is 2.73. The van der Waals surface area contributed by atoms with Crippen LogP contribution < -0.4 is 11.3 Å². The number of nitrogens with one attached hydrogen (secondary N) is 1. The number of rotatable bonds is 5. The molecule has 0 bridgehead atoms. The van der Waals surface area contributed by atoms with Crippen molar-refractivity contribution in [2.24, 2.45) is 5.84 Å². The van der Waals surface area contributed by atoms with Crippen molar-refractivity contribution in [2.45, 2.75) is 20.0 Å². The van der Waals surface area contributed by atoms with Crippen molar-refractivity contribution in [3.8, 4) is 0 Å². The molecule has 0 atom stereocenters. The quantitative estimate of drug-likeness (QED) is 0.408. The van der Waals surface area contributed by atoms with E-state index in [1.54, 1.807) is 6.20 Å². The molecule has 0 spiro atoms. The van der Waals surface area contributed by atoms with E-state index in [9.17, 15) is 0 Å². The van der Waals surface area contributed by atoms with Gasteiger partial charge in [0.15, 0.2) is 0 Å². The van der Waals surface area contributed by atoms with Gasteiger partial charge >= 0.3 is 0 Å². The van der Waals surface area contributed by atoms with Crippen molar-refractivity contribution in [1.29, 1.82) is 0 Å². The summed E-state index contributed by atoms with van der Waals surface area (Å²) >= 11 is 0. The molecule has 72 valence electrons. The van der Waals surface area contributed by atoms with Gasteiger partial charge in [-0.3, -0.25) is 10.8 Å². The third kappa shape index (κ3) is 3.40. The predicted molar refractivity (Wildman–Crippen MR) is 52.0 cm³/mol. The Labute approximate surface area is 78.1 Å². The number of nitrogen functional groups attached to an aromatic ring is 1. The van der Waals surface area contributed by atoms with Crippen molar-refractivity contribution < 1.29 is 4.74 Å². The largest absolute Gasteiger partial charge is 0.375 e. The van der Waals surface area contributed by atoms with Gasteiger partial charge in [0.1, 0.15) is 0 Å². The first-order valence-electron chi connectivity index (χ1n) is 4.36. The van der Waals surface area contributed by atoms with Crippen LogP contribution in [0.3, 0.4) is 0 Å². The van der Waals surface area contributed by atoms with Crippen LogP contribution >= 0.6 is 0 Å². The van der Waals surface area contributed by atoms with Crippen LogP contribution in [0.15, 0.2) is 18.3 Å². The number of hydrogen-bond donors (Lipinski definition) is 2. The van der Waals surface area contributed by atoms with Gasteiger partial charge < -0.3 is 10.2 Å². The van der Waals surface area contributed by atoms with Crippen LogP contribution in [-0.4, -0.2) is 11.6 Å². The van der Waals surface area contributed by atoms with Crippen LogP contribution in [0, 0.1) is 0 Å². The molecule has 0 saturated heterocycles. The van der Waals surface area contributed by atoms with Crippen LogP contribution in [0.5, 0.6) is 0 Å². The standard InChI is InChI=1S/C9H15N3O/c1-2-5-13-7-9-6-8(12-10)3-4-11-9/h3-4,6H,2,5,7,10H2,1H3,(H,11,12). The Morgan fingerprint density at radius 2 is 2.46 bits per heavy atom. The van der Waals surface area contributed by atoms with Crippen LogP contribution in [0.1, 0.15) is 19.0 Å². The number of aromatic nitrogens is 1. The maximum atomic E-state index is 5.34. The summed E-state index contributed by atoms with van der Waals surface area (Å²) in [6.07, 6.45) is 2.73. The lowest BCUT2D eigenvalue weighted by Gasteiger charge is -2.04. The van der Waals surface area contributed by atoms with Gasteiger partial charge in [-0.25, -0.2) is 0 Å². The molecule has 0 aliphatic heterocycles. The van der Waals surface area contributed by atoms with E-state index in [2.05, 4.69) is 17.3 Å². The molecular weight excluding hydrogens is 166 g/mol. The molecule has 0 radical (unpaired) electrons. The van der Waals surface area contributed by atoms with Crippen molar-refractivity contribution >= 4 is 5.69 Å². The molecule has 0 amide bonds. The molecule has 0 aliphatic rings. The van der Waals surface area contributed by atoms with Crippen LogP contribution in [0.4, 0.5) is 5.69 Å². The highest BCUT2D eigenvalue weighted by Crippen LogP contribution is 2.06. The summed E-state index contributed by atoms with van der Waals surface area (Å²) in [6.45, 7) is 3.39. The van der Waals surface area contributed by atoms with E-state index in [0.29, 0.717) is 6.61 Å². The van der Waals surface area contributed by atoms with E-state index in [1.165, 1.54) is 0 Å². The van der Waals surface area contributed by atoms with Gasteiger partial charge in [-0.05, 0) is 18.6 Å². The zero-order valence-electron chi connectivity index (χ0n) is 7.79. The second kappa shape index (κ2) is 5.50. The molecule has 0 aromatic carbocycles. The average Bonchev–Trinajstić information content (AvgIpc) is 2.19. The Hall–Kier alpha value is -1.13. The molecule has 1 aromatic heterocycles. The van der Waals surface area contributed by atoms with E-state index < -0.39 is 0 Å². The Balaban J connectivity index is 2.46. The van der Waals surface area contributed by atoms with Gasteiger partial charge in [0.25, 0.3) is 0 Å². The molecule has 4 nitrogen and oxygen atoms in total. The van der Waals surface area contributed by atoms with Gasteiger partial charge in [0.2, 0.25) is 0 Å². The lowest BCUT2D eigenvalue weighted by Crippen LogP contribution is -2.07. The molecule has 1 aromatic rings. The van der Waals surface area contributed by atoms with Gasteiger partial charge in [-0.2, -0.15) is 0 Å². The van der Waals surface area contributed by atoms with Crippen LogP contribution in [0.25, 0.3) is 0 Å². The van der Waals surface area contributed by atoms with Crippen molar-refractivity contribution in [2.75, 3.05) is 12.0 Å². The van der Waals surface area contributed by atoms with Gasteiger partial charge in [0.05, 0.1) is 18.0 Å². The number of anilines is 1. The fourth-order valence-corrected chi connectivity index (χ4v) is 0.968. The fraction of sp³-hybridized carbons (Fsp3) is 0.444. The number of hydrogen-bond acceptors (Lipinski definition) is 4. The number of nitrogens with two attached hydrogens (primary N) is 1. The first-order chi connectivity index (χ1) is 6.36. The first-order valence-corrected chi connectivity index (χ1v) is 4.36. The maximum absolute atomic E-state index is 5.34. The normalized spacial score (nSPS) is 10.0. The zero-order chi connectivity index (χ0) is 9.52. The van der Waals surface area contributed by atoms with E-state index in [4.69, 9.17) is 10.6 Å². The summed E-state index contributed by atoms with van der Waals surface area (Å²) < 4.78 is 5.34. The van der Waals surface area contributed by atoms with Gasteiger partial charge in [-0.15, -0.1) is 0 Å². The van der Waals surface area contributed by atoms with Crippen LogP contribution in [0.2, 0.25) is 0 Å². The van der Waals surface area contributed by atoms with Crippen molar-refractivity contribution in [3.05, 3.63) is 24.0 Å². The highest BCUT2D eigenvalue weighted by atomic mass is 16.5. The second-order valence-electron chi connectivity index (χ2n) is 2.73. The Morgan fingerprint density at radius 3 is 3.15 bits per heavy atom. The number of pyridine rings is 1. The monoisotopic (exact) mass is 181 g/mol. The maximum Gasteiger partial charge on any atom is 0.0888 e. The lowest BCUT2D eigenvalue weighted by molar-refractivity contribution is 0.119. The molecule has 0 unspecified atom stereocenters. The summed E-state index contributed by atoms with van der Waals surface area (Å²) in [6, 6.07) is 3.68. The molecule has 3 N–H and O–H groups in total. The third-order valence-corrected chi connectivity index (χ3v) is 1.58. The van der Waals surface area contributed by atoms with Crippen LogP contribution in [-0.2, 0) is 11.3 Å². The number of hydrazine groups is 1. The molecule has 0 saturated carbocycles. The minimum Gasteiger partial charge on any atom is -0.375 e. The molecule has 13 heavy (non-hydrogen) atoms. The Kier molecular flexibility index (Phi) is 4.21. The number of ether oxygens (including phenoxy) is 1. The molecular formula is C9H15N3O. The van der Waals surface area contributed by atoms with E-state index >= 15 is 0 Å². The van der Waals surface area contributed by atoms with Crippen molar-refractivity contribution in [3.63, 3.8) is 0 Å². The Morgan fingerprint density at radius 1 is 1.62 bits per heavy atom. The smallest absolute Gasteiger partial charge is 0.0888 e. The molecule has 1 rings (SSSR count). The predicted octanol–water partition coefficient (Wildman–Crippen LogP) is 1.29. The minimum absolute atomic E-state index is 0.545. The lowest BCUT2D eigenvalue weighted by atomic mass is 10.3.